The van der Waals surface area contributed by atoms with Gasteiger partial charge in [-0.1, -0.05) is 36.4 Å². The summed E-state index contributed by atoms with van der Waals surface area (Å²) in [7, 11) is 0. The molecule has 0 spiro atoms. The molecule has 0 bridgehead atoms. The smallest absolute Gasteiger partial charge is 0.243 e. The number of hydrogen-bond donors (Lipinski definition) is 1. The molecule has 2 aromatic carbocycles. The highest BCUT2D eigenvalue weighted by Gasteiger charge is 2.43. The molecule has 3 aromatic rings. The summed E-state index contributed by atoms with van der Waals surface area (Å²) in [6, 6.07) is 18.2. The van der Waals surface area contributed by atoms with E-state index in [1.807, 2.05) is 49.4 Å². The SMILES string of the molecule is Cc1cc(C=NNC(=O)[C@H]2CC2c2ccccc2)cc2cccnc12. The lowest BCUT2D eigenvalue weighted by Gasteiger charge is -2.03. The van der Waals surface area contributed by atoms with Crippen LogP contribution in [0, 0.1) is 12.8 Å². The van der Waals surface area contributed by atoms with Crippen molar-refractivity contribution in [2.45, 2.75) is 19.3 Å². The molecule has 0 radical (unpaired) electrons. The quantitative estimate of drug-likeness (QED) is 0.585. The van der Waals surface area contributed by atoms with Crippen LogP contribution in [0.5, 0.6) is 0 Å². The number of rotatable bonds is 4. The summed E-state index contributed by atoms with van der Waals surface area (Å²) in [5, 5.41) is 5.20. The predicted octanol–water partition coefficient (Wildman–Crippen LogP) is 3.80. The van der Waals surface area contributed by atoms with Gasteiger partial charge >= 0.3 is 0 Å². The molecule has 4 rings (SSSR count). The molecule has 124 valence electrons. The Hall–Kier alpha value is -3.01. The highest BCUT2D eigenvalue weighted by Crippen LogP contribution is 2.47. The molecular weight excluding hydrogens is 310 g/mol. The Balaban J connectivity index is 1.41. The molecule has 1 saturated carbocycles. The van der Waals surface area contributed by atoms with Crippen molar-refractivity contribution in [1.29, 1.82) is 0 Å². The standard InChI is InChI=1S/C21H19N3O/c1-14-10-15(11-17-8-5-9-22-20(14)17)13-23-24-21(25)19-12-18(19)16-6-3-2-4-7-16/h2-11,13,18-19H,12H2,1H3,(H,24,25)/t18?,19-/m0/s1. The summed E-state index contributed by atoms with van der Waals surface area (Å²) in [5.74, 6) is 0.344. The average Bonchev–Trinajstić information content (AvgIpc) is 3.43. The number of benzene rings is 2. The first-order valence-corrected chi connectivity index (χ1v) is 8.45. The van der Waals surface area contributed by atoms with Gasteiger partial charge in [0, 0.05) is 17.5 Å². The Bertz CT molecular complexity index is 950. The lowest BCUT2D eigenvalue weighted by molar-refractivity contribution is -0.122. The summed E-state index contributed by atoms with van der Waals surface area (Å²) < 4.78 is 0. The number of hydrazone groups is 1. The zero-order valence-electron chi connectivity index (χ0n) is 14.0. The number of fused-ring (bicyclic) bond motifs is 1. The molecule has 1 heterocycles. The lowest BCUT2D eigenvalue weighted by atomic mass is 10.1. The molecule has 1 aliphatic rings. The minimum Gasteiger partial charge on any atom is -0.273 e. The highest BCUT2D eigenvalue weighted by atomic mass is 16.2. The number of aromatic nitrogens is 1. The Kier molecular flexibility index (Phi) is 4.02. The number of hydrogen-bond acceptors (Lipinski definition) is 3. The van der Waals surface area contributed by atoms with Gasteiger partial charge in [-0.3, -0.25) is 9.78 Å². The van der Waals surface area contributed by atoms with Gasteiger partial charge in [-0.2, -0.15) is 5.10 Å². The third kappa shape index (κ3) is 3.29. The second-order valence-electron chi connectivity index (χ2n) is 6.51. The van der Waals surface area contributed by atoms with Crippen molar-refractivity contribution >= 4 is 23.0 Å². The van der Waals surface area contributed by atoms with Gasteiger partial charge in [0.2, 0.25) is 5.91 Å². The van der Waals surface area contributed by atoms with Gasteiger partial charge < -0.3 is 0 Å². The molecule has 2 atom stereocenters. The maximum atomic E-state index is 12.2. The number of carbonyl (C=O) groups is 1. The van der Waals surface area contributed by atoms with Gasteiger partial charge in [0.25, 0.3) is 0 Å². The van der Waals surface area contributed by atoms with E-state index in [4.69, 9.17) is 0 Å². The Morgan fingerprint density at radius 1 is 1.20 bits per heavy atom. The van der Waals surface area contributed by atoms with Crippen LogP contribution in [0.3, 0.4) is 0 Å². The minimum atomic E-state index is -0.00993. The molecule has 1 aromatic heterocycles. The molecule has 4 nitrogen and oxygen atoms in total. The van der Waals surface area contributed by atoms with E-state index >= 15 is 0 Å². The normalized spacial score (nSPS) is 19.2. The zero-order valence-corrected chi connectivity index (χ0v) is 14.0. The third-order valence-corrected chi connectivity index (χ3v) is 4.66. The number of carbonyl (C=O) groups excluding carboxylic acids is 1. The van der Waals surface area contributed by atoms with Crippen LogP contribution in [-0.2, 0) is 4.79 Å². The summed E-state index contributed by atoms with van der Waals surface area (Å²) in [6.45, 7) is 2.03. The van der Waals surface area contributed by atoms with E-state index in [1.54, 1.807) is 12.4 Å². The van der Waals surface area contributed by atoms with E-state index in [1.165, 1.54) is 5.56 Å². The van der Waals surface area contributed by atoms with Crippen molar-refractivity contribution in [2.75, 3.05) is 0 Å². The maximum absolute atomic E-state index is 12.2. The van der Waals surface area contributed by atoms with E-state index in [-0.39, 0.29) is 11.8 Å². The molecule has 0 aliphatic heterocycles. The first-order chi connectivity index (χ1) is 12.2. The van der Waals surface area contributed by atoms with Crippen molar-refractivity contribution in [3.05, 3.63) is 77.5 Å². The molecule has 1 N–H and O–H groups in total. The summed E-state index contributed by atoms with van der Waals surface area (Å²) in [6.07, 6.45) is 4.38. The molecular formula is C21H19N3O. The van der Waals surface area contributed by atoms with Crippen LogP contribution in [0.25, 0.3) is 10.9 Å². The van der Waals surface area contributed by atoms with Crippen LogP contribution in [0.2, 0.25) is 0 Å². The van der Waals surface area contributed by atoms with Crippen molar-refractivity contribution in [1.82, 2.24) is 10.4 Å². The minimum absolute atomic E-state index is 0.00993. The fraction of sp³-hybridized carbons (Fsp3) is 0.190. The van der Waals surface area contributed by atoms with Crippen molar-refractivity contribution in [3.63, 3.8) is 0 Å². The van der Waals surface area contributed by atoms with Crippen molar-refractivity contribution in [3.8, 4) is 0 Å². The predicted molar refractivity (Wildman–Crippen MR) is 99.5 cm³/mol. The first-order valence-electron chi connectivity index (χ1n) is 8.45. The second-order valence-corrected chi connectivity index (χ2v) is 6.51. The molecule has 4 heteroatoms. The number of pyridine rings is 1. The van der Waals surface area contributed by atoms with Crippen LogP contribution in [0.1, 0.15) is 29.0 Å². The first kappa shape index (κ1) is 15.5. The Labute approximate surface area is 146 Å². The second kappa shape index (κ2) is 6.48. The van der Waals surface area contributed by atoms with Crippen LogP contribution in [0.15, 0.2) is 65.9 Å². The van der Waals surface area contributed by atoms with Gasteiger partial charge in [0.05, 0.1) is 11.7 Å². The monoisotopic (exact) mass is 329 g/mol. The third-order valence-electron chi connectivity index (χ3n) is 4.66. The van der Waals surface area contributed by atoms with Gasteiger partial charge in [-0.05, 0) is 54.2 Å². The fourth-order valence-electron chi connectivity index (χ4n) is 3.28. The molecule has 1 amide bonds. The lowest BCUT2D eigenvalue weighted by Crippen LogP contribution is -2.20. The van der Waals surface area contributed by atoms with E-state index in [0.29, 0.717) is 5.92 Å². The van der Waals surface area contributed by atoms with Crippen molar-refractivity contribution in [2.24, 2.45) is 11.0 Å². The summed E-state index contributed by atoms with van der Waals surface area (Å²) >= 11 is 0. The van der Waals surface area contributed by atoms with Gasteiger partial charge in [-0.15, -0.1) is 0 Å². The highest BCUT2D eigenvalue weighted by molar-refractivity contribution is 5.91. The molecule has 1 fully saturated rings. The van der Waals surface area contributed by atoms with Crippen LogP contribution in [-0.4, -0.2) is 17.1 Å². The van der Waals surface area contributed by atoms with E-state index < -0.39 is 0 Å². The van der Waals surface area contributed by atoms with Gasteiger partial charge in [-0.25, -0.2) is 5.43 Å². The topological polar surface area (TPSA) is 54.4 Å². The Morgan fingerprint density at radius 3 is 2.88 bits per heavy atom. The van der Waals surface area contributed by atoms with Gasteiger partial charge in [0.1, 0.15) is 0 Å². The van der Waals surface area contributed by atoms with Crippen LogP contribution >= 0.6 is 0 Å². The van der Waals surface area contributed by atoms with Crippen LogP contribution in [0.4, 0.5) is 0 Å². The van der Waals surface area contributed by atoms with E-state index in [2.05, 4.69) is 27.6 Å². The maximum Gasteiger partial charge on any atom is 0.243 e. The summed E-state index contributed by atoms with van der Waals surface area (Å²) in [4.78, 5) is 16.6. The summed E-state index contributed by atoms with van der Waals surface area (Å²) in [5.41, 5.74) is 6.94. The average molecular weight is 329 g/mol. The van der Waals surface area contributed by atoms with E-state index in [0.717, 1.165) is 28.5 Å². The Morgan fingerprint density at radius 2 is 2.04 bits per heavy atom. The largest absolute Gasteiger partial charge is 0.273 e. The number of amides is 1. The van der Waals surface area contributed by atoms with Crippen molar-refractivity contribution < 1.29 is 4.79 Å². The van der Waals surface area contributed by atoms with E-state index in [9.17, 15) is 4.79 Å². The number of aryl methyl sites for hydroxylation is 1. The molecule has 1 unspecified atom stereocenters. The fourth-order valence-corrected chi connectivity index (χ4v) is 3.28. The molecule has 0 saturated heterocycles. The zero-order chi connectivity index (χ0) is 17.2. The van der Waals surface area contributed by atoms with Gasteiger partial charge in [0.15, 0.2) is 0 Å². The number of nitrogens with one attached hydrogen (secondary N) is 1. The molecule has 1 aliphatic carbocycles. The number of nitrogens with zero attached hydrogens (tertiary/aromatic N) is 2. The van der Waals surface area contributed by atoms with Crippen LogP contribution < -0.4 is 5.43 Å². The molecule has 25 heavy (non-hydrogen) atoms.